The average molecular weight is 313 g/mol. The van der Waals surface area contributed by atoms with Crippen molar-refractivity contribution in [3.05, 3.63) is 63.7 Å². The fourth-order valence-electron chi connectivity index (χ4n) is 2.06. The third kappa shape index (κ3) is 3.91. The molecule has 0 atom stereocenters. The van der Waals surface area contributed by atoms with Gasteiger partial charge in [-0.2, -0.15) is 0 Å². The highest BCUT2D eigenvalue weighted by Crippen LogP contribution is 2.25. The van der Waals surface area contributed by atoms with Crippen LogP contribution in [0.15, 0.2) is 42.5 Å². The fraction of sp³-hybridized carbons (Fsp3) is 0.125. The van der Waals surface area contributed by atoms with Crippen molar-refractivity contribution in [1.29, 1.82) is 0 Å². The monoisotopic (exact) mass is 313 g/mol. The summed E-state index contributed by atoms with van der Waals surface area (Å²) >= 11 is 0. The zero-order chi connectivity index (χ0) is 17.0. The molecule has 0 aromatic heterocycles. The van der Waals surface area contributed by atoms with Crippen molar-refractivity contribution >= 4 is 28.9 Å². The van der Waals surface area contributed by atoms with Crippen LogP contribution in [-0.2, 0) is 4.79 Å². The Labute approximate surface area is 132 Å². The van der Waals surface area contributed by atoms with Crippen molar-refractivity contribution in [2.75, 3.05) is 10.6 Å². The summed E-state index contributed by atoms with van der Waals surface area (Å²) < 4.78 is 0. The number of hydrogen-bond acceptors (Lipinski definition) is 4. The number of amides is 2. The molecular formula is C16H15N3O4. The molecule has 2 aromatic carbocycles. The Morgan fingerprint density at radius 1 is 1.04 bits per heavy atom. The van der Waals surface area contributed by atoms with Gasteiger partial charge in [-0.05, 0) is 37.3 Å². The minimum atomic E-state index is -0.493. The van der Waals surface area contributed by atoms with Gasteiger partial charge in [0, 0.05) is 24.2 Å². The minimum absolute atomic E-state index is 0.0520. The third-order valence-electron chi connectivity index (χ3n) is 3.22. The van der Waals surface area contributed by atoms with E-state index in [-0.39, 0.29) is 17.5 Å². The largest absolute Gasteiger partial charge is 0.326 e. The fourth-order valence-corrected chi connectivity index (χ4v) is 2.06. The van der Waals surface area contributed by atoms with E-state index in [9.17, 15) is 19.7 Å². The van der Waals surface area contributed by atoms with Crippen molar-refractivity contribution in [1.82, 2.24) is 0 Å². The Morgan fingerprint density at radius 2 is 1.70 bits per heavy atom. The first-order chi connectivity index (χ1) is 10.9. The summed E-state index contributed by atoms with van der Waals surface area (Å²) in [6.45, 7) is 2.97. The topological polar surface area (TPSA) is 101 Å². The molecule has 0 spiro atoms. The third-order valence-corrected chi connectivity index (χ3v) is 3.22. The zero-order valence-corrected chi connectivity index (χ0v) is 12.6. The second-order valence-corrected chi connectivity index (χ2v) is 4.92. The molecule has 118 valence electrons. The summed E-state index contributed by atoms with van der Waals surface area (Å²) in [5.41, 5.74) is 1.69. The van der Waals surface area contributed by atoms with Crippen LogP contribution in [0.5, 0.6) is 0 Å². The molecule has 0 aliphatic rings. The van der Waals surface area contributed by atoms with Gasteiger partial charge < -0.3 is 10.6 Å². The number of benzene rings is 2. The molecule has 0 heterocycles. The van der Waals surface area contributed by atoms with Crippen molar-refractivity contribution < 1.29 is 14.5 Å². The van der Waals surface area contributed by atoms with Gasteiger partial charge in [0.1, 0.15) is 0 Å². The van der Waals surface area contributed by atoms with Gasteiger partial charge in [0.2, 0.25) is 5.91 Å². The standard InChI is InChI=1S/C16H15N3O4/c1-10-14(4-3-5-15(10)19(22)23)18-16(21)12-6-8-13(9-7-12)17-11(2)20/h3-9H,1-2H3,(H,17,20)(H,18,21). The molecule has 0 saturated heterocycles. The maximum atomic E-state index is 12.2. The van der Waals surface area contributed by atoms with Crippen LogP contribution in [0.25, 0.3) is 0 Å². The summed E-state index contributed by atoms with van der Waals surface area (Å²) in [6, 6.07) is 10.8. The lowest BCUT2D eigenvalue weighted by Gasteiger charge is -2.09. The Bertz CT molecular complexity index is 769. The van der Waals surface area contributed by atoms with Gasteiger partial charge in [0.05, 0.1) is 16.2 Å². The number of carbonyl (C=O) groups excluding carboxylic acids is 2. The van der Waals surface area contributed by atoms with Gasteiger partial charge in [-0.3, -0.25) is 19.7 Å². The Kier molecular flexibility index (Phi) is 4.70. The lowest BCUT2D eigenvalue weighted by atomic mass is 10.1. The van der Waals surface area contributed by atoms with E-state index >= 15 is 0 Å². The molecule has 0 bridgehead atoms. The highest BCUT2D eigenvalue weighted by atomic mass is 16.6. The van der Waals surface area contributed by atoms with Crippen LogP contribution < -0.4 is 10.6 Å². The number of nitro groups is 1. The Morgan fingerprint density at radius 3 is 2.26 bits per heavy atom. The van der Waals surface area contributed by atoms with Gasteiger partial charge in [-0.15, -0.1) is 0 Å². The van der Waals surface area contributed by atoms with Crippen molar-refractivity contribution in [3.8, 4) is 0 Å². The second-order valence-electron chi connectivity index (χ2n) is 4.92. The first-order valence-electron chi connectivity index (χ1n) is 6.81. The number of anilines is 2. The lowest BCUT2D eigenvalue weighted by molar-refractivity contribution is -0.385. The Hall–Kier alpha value is -3.22. The van der Waals surface area contributed by atoms with Crippen LogP contribution >= 0.6 is 0 Å². The van der Waals surface area contributed by atoms with E-state index in [1.165, 1.54) is 19.1 Å². The van der Waals surface area contributed by atoms with Crippen LogP contribution in [0.1, 0.15) is 22.8 Å². The molecule has 2 N–H and O–H groups in total. The van der Waals surface area contributed by atoms with Crippen LogP contribution in [0, 0.1) is 17.0 Å². The first kappa shape index (κ1) is 16.2. The smallest absolute Gasteiger partial charge is 0.274 e. The molecule has 7 heteroatoms. The molecule has 0 fully saturated rings. The molecule has 7 nitrogen and oxygen atoms in total. The summed E-state index contributed by atoms with van der Waals surface area (Å²) in [6.07, 6.45) is 0. The summed E-state index contributed by atoms with van der Waals surface area (Å²) in [5.74, 6) is -0.586. The Balaban J connectivity index is 2.18. The molecule has 0 radical (unpaired) electrons. The molecule has 0 saturated carbocycles. The number of nitrogens with one attached hydrogen (secondary N) is 2. The molecule has 0 aliphatic heterocycles. The minimum Gasteiger partial charge on any atom is -0.326 e. The molecule has 2 aromatic rings. The van der Waals surface area contributed by atoms with Crippen LogP contribution in [0.2, 0.25) is 0 Å². The highest BCUT2D eigenvalue weighted by Gasteiger charge is 2.15. The molecule has 23 heavy (non-hydrogen) atoms. The second kappa shape index (κ2) is 6.69. The van der Waals surface area contributed by atoms with Crippen LogP contribution in [-0.4, -0.2) is 16.7 Å². The molecule has 2 rings (SSSR count). The summed E-state index contributed by atoms with van der Waals surface area (Å²) in [7, 11) is 0. The summed E-state index contributed by atoms with van der Waals surface area (Å²) in [5, 5.41) is 16.2. The summed E-state index contributed by atoms with van der Waals surface area (Å²) in [4.78, 5) is 33.6. The van der Waals surface area contributed by atoms with E-state index in [1.807, 2.05) is 0 Å². The SMILES string of the molecule is CC(=O)Nc1ccc(C(=O)Nc2cccc([N+](=O)[O-])c2C)cc1. The highest BCUT2D eigenvalue weighted by molar-refractivity contribution is 6.05. The molecular weight excluding hydrogens is 298 g/mol. The van der Waals surface area contributed by atoms with Crippen molar-refractivity contribution in [2.24, 2.45) is 0 Å². The van der Waals surface area contributed by atoms with E-state index in [0.717, 1.165) is 0 Å². The number of hydrogen-bond donors (Lipinski definition) is 2. The lowest BCUT2D eigenvalue weighted by Crippen LogP contribution is -2.13. The van der Waals surface area contributed by atoms with E-state index in [1.54, 1.807) is 37.3 Å². The van der Waals surface area contributed by atoms with Gasteiger partial charge in [-0.1, -0.05) is 6.07 Å². The first-order valence-corrected chi connectivity index (χ1v) is 6.81. The van der Waals surface area contributed by atoms with E-state index in [0.29, 0.717) is 22.5 Å². The van der Waals surface area contributed by atoms with Gasteiger partial charge >= 0.3 is 0 Å². The predicted molar refractivity (Wildman–Crippen MR) is 86.5 cm³/mol. The van der Waals surface area contributed by atoms with E-state index in [2.05, 4.69) is 10.6 Å². The van der Waals surface area contributed by atoms with E-state index in [4.69, 9.17) is 0 Å². The quantitative estimate of drug-likeness (QED) is 0.668. The predicted octanol–water partition coefficient (Wildman–Crippen LogP) is 3.11. The molecule has 2 amide bonds. The van der Waals surface area contributed by atoms with Crippen LogP contribution in [0.4, 0.5) is 17.1 Å². The zero-order valence-electron chi connectivity index (χ0n) is 12.6. The number of rotatable bonds is 4. The number of carbonyl (C=O) groups is 2. The van der Waals surface area contributed by atoms with Crippen molar-refractivity contribution in [2.45, 2.75) is 13.8 Å². The van der Waals surface area contributed by atoms with Gasteiger partial charge in [0.25, 0.3) is 11.6 Å². The number of nitrogens with zero attached hydrogens (tertiary/aromatic N) is 1. The molecule has 0 unspecified atom stereocenters. The van der Waals surface area contributed by atoms with Gasteiger partial charge in [-0.25, -0.2) is 0 Å². The van der Waals surface area contributed by atoms with E-state index < -0.39 is 4.92 Å². The van der Waals surface area contributed by atoms with Gasteiger partial charge in [0.15, 0.2) is 0 Å². The van der Waals surface area contributed by atoms with Crippen molar-refractivity contribution in [3.63, 3.8) is 0 Å². The van der Waals surface area contributed by atoms with Crippen LogP contribution in [0.3, 0.4) is 0 Å². The number of nitro benzene ring substituents is 1. The normalized spacial score (nSPS) is 10.0. The maximum absolute atomic E-state index is 12.2. The average Bonchev–Trinajstić information content (AvgIpc) is 2.49. The maximum Gasteiger partial charge on any atom is 0.274 e. The molecule has 0 aliphatic carbocycles.